The number of methoxy groups -OCH3 is 1. The highest BCUT2D eigenvalue weighted by Gasteiger charge is 2.28. The van der Waals surface area contributed by atoms with Crippen molar-refractivity contribution in [1.82, 2.24) is 10.2 Å². The van der Waals surface area contributed by atoms with Crippen LogP contribution in [0.25, 0.3) is 0 Å². The van der Waals surface area contributed by atoms with Gasteiger partial charge in [-0.2, -0.15) is 0 Å². The van der Waals surface area contributed by atoms with Crippen LogP contribution in [0.5, 0.6) is 5.75 Å². The standard InChI is InChI=1S/C18H28N2O.ClH/c1-14-5-6-18(21-2)16(12-14)13-20-10-7-15(8-11-20)17-4-3-9-19-17;/h5-6,12,15,17,19H,3-4,7-11,13H2,1-2H3;1H. The van der Waals surface area contributed by atoms with Crippen molar-refractivity contribution in [3.63, 3.8) is 0 Å². The van der Waals surface area contributed by atoms with Crippen LogP contribution in [0.15, 0.2) is 18.2 Å². The van der Waals surface area contributed by atoms with E-state index in [-0.39, 0.29) is 12.4 Å². The molecule has 22 heavy (non-hydrogen) atoms. The minimum absolute atomic E-state index is 0. The van der Waals surface area contributed by atoms with E-state index in [1.165, 1.54) is 56.4 Å². The zero-order valence-corrected chi connectivity index (χ0v) is 14.6. The zero-order valence-electron chi connectivity index (χ0n) is 13.8. The van der Waals surface area contributed by atoms with Crippen molar-refractivity contribution in [3.05, 3.63) is 29.3 Å². The van der Waals surface area contributed by atoms with Crippen LogP contribution in [0.4, 0.5) is 0 Å². The van der Waals surface area contributed by atoms with Gasteiger partial charge >= 0.3 is 0 Å². The lowest BCUT2D eigenvalue weighted by molar-refractivity contribution is 0.156. The van der Waals surface area contributed by atoms with Crippen molar-refractivity contribution in [3.8, 4) is 5.75 Å². The first-order valence-electron chi connectivity index (χ1n) is 8.35. The lowest BCUT2D eigenvalue weighted by atomic mass is 9.88. The molecule has 1 unspecified atom stereocenters. The molecule has 1 aromatic carbocycles. The quantitative estimate of drug-likeness (QED) is 0.918. The maximum Gasteiger partial charge on any atom is 0.123 e. The van der Waals surface area contributed by atoms with Gasteiger partial charge in [0, 0.05) is 18.2 Å². The largest absolute Gasteiger partial charge is 0.496 e. The SMILES string of the molecule is COc1ccc(C)cc1CN1CCC(C2CCCN2)CC1.Cl. The van der Waals surface area contributed by atoms with E-state index in [9.17, 15) is 0 Å². The number of likely N-dealkylation sites (tertiary alicyclic amines) is 1. The Balaban J connectivity index is 0.00000176. The van der Waals surface area contributed by atoms with E-state index >= 15 is 0 Å². The van der Waals surface area contributed by atoms with Gasteiger partial charge in [0.2, 0.25) is 0 Å². The van der Waals surface area contributed by atoms with Crippen LogP contribution < -0.4 is 10.1 Å². The van der Waals surface area contributed by atoms with E-state index in [1.54, 1.807) is 7.11 Å². The van der Waals surface area contributed by atoms with Gasteiger partial charge in [0.25, 0.3) is 0 Å². The van der Waals surface area contributed by atoms with Crippen molar-refractivity contribution in [2.45, 2.75) is 45.2 Å². The second-order valence-corrected chi connectivity index (χ2v) is 6.63. The van der Waals surface area contributed by atoms with Gasteiger partial charge in [-0.1, -0.05) is 17.7 Å². The number of benzene rings is 1. The average Bonchev–Trinajstić information content (AvgIpc) is 3.03. The molecule has 2 aliphatic rings. The summed E-state index contributed by atoms with van der Waals surface area (Å²) in [5.74, 6) is 1.92. The number of aryl methyl sites for hydroxylation is 1. The van der Waals surface area contributed by atoms with Gasteiger partial charge in [-0.15, -0.1) is 12.4 Å². The predicted octanol–water partition coefficient (Wildman–Crippen LogP) is 3.39. The minimum Gasteiger partial charge on any atom is -0.496 e. The second kappa shape index (κ2) is 8.19. The fourth-order valence-corrected chi connectivity index (χ4v) is 3.90. The molecule has 2 saturated heterocycles. The predicted molar refractivity (Wildman–Crippen MR) is 94.0 cm³/mol. The third-order valence-electron chi connectivity index (χ3n) is 5.13. The number of nitrogens with zero attached hydrogens (tertiary/aromatic N) is 1. The molecule has 0 aromatic heterocycles. The maximum atomic E-state index is 5.51. The third-order valence-corrected chi connectivity index (χ3v) is 5.13. The number of hydrogen-bond donors (Lipinski definition) is 1. The molecule has 0 amide bonds. The first-order valence-corrected chi connectivity index (χ1v) is 8.35. The van der Waals surface area contributed by atoms with Gasteiger partial charge < -0.3 is 10.1 Å². The molecule has 1 N–H and O–H groups in total. The van der Waals surface area contributed by atoms with Crippen LogP contribution in [-0.2, 0) is 6.54 Å². The molecule has 2 heterocycles. The van der Waals surface area contributed by atoms with E-state index < -0.39 is 0 Å². The Kier molecular flexibility index (Phi) is 6.54. The molecule has 3 nitrogen and oxygen atoms in total. The molecule has 2 aliphatic heterocycles. The molecule has 0 aliphatic carbocycles. The van der Waals surface area contributed by atoms with Crippen molar-refractivity contribution < 1.29 is 4.74 Å². The van der Waals surface area contributed by atoms with Crippen LogP contribution in [0.2, 0.25) is 0 Å². The van der Waals surface area contributed by atoms with Gasteiger partial charge in [-0.05, 0) is 64.2 Å². The Morgan fingerprint density at radius 3 is 2.64 bits per heavy atom. The van der Waals surface area contributed by atoms with Crippen LogP contribution in [0, 0.1) is 12.8 Å². The normalized spacial score (nSPS) is 23.3. The molecular weight excluding hydrogens is 296 g/mol. The smallest absolute Gasteiger partial charge is 0.123 e. The number of piperidine rings is 1. The Morgan fingerprint density at radius 1 is 1.23 bits per heavy atom. The van der Waals surface area contributed by atoms with Crippen molar-refractivity contribution >= 4 is 12.4 Å². The van der Waals surface area contributed by atoms with Gasteiger partial charge in [0.15, 0.2) is 0 Å². The molecule has 4 heteroatoms. The first kappa shape index (κ1) is 17.6. The molecule has 0 radical (unpaired) electrons. The van der Waals surface area contributed by atoms with Crippen LogP contribution in [-0.4, -0.2) is 37.7 Å². The summed E-state index contributed by atoms with van der Waals surface area (Å²) in [4.78, 5) is 2.59. The molecule has 3 rings (SSSR count). The van der Waals surface area contributed by atoms with Gasteiger partial charge in [0.05, 0.1) is 7.11 Å². The number of ether oxygens (including phenoxy) is 1. The van der Waals surface area contributed by atoms with Crippen molar-refractivity contribution in [2.24, 2.45) is 5.92 Å². The van der Waals surface area contributed by atoms with E-state index in [1.807, 2.05) is 0 Å². The van der Waals surface area contributed by atoms with Crippen LogP contribution >= 0.6 is 12.4 Å². The van der Waals surface area contributed by atoms with Crippen molar-refractivity contribution in [1.29, 1.82) is 0 Å². The summed E-state index contributed by atoms with van der Waals surface area (Å²) in [6, 6.07) is 7.28. The van der Waals surface area contributed by atoms with E-state index in [0.29, 0.717) is 0 Å². The highest BCUT2D eigenvalue weighted by atomic mass is 35.5. The average molecular weight is 325 g/mol. The van der Waals surface area contributed by atoms with Crippen LogP contribution in [0.3, 0.4) is 0 Å². The van der Waals surface area contributed by atoms with Crippen molar-refractivity contribution in [2.75, 3.05) is 26.7 Å². The fraction of sp³-hybridized carbons (Fsp3) is 0.667. The van der Waals surface area contributed by atoms with Gasteiger partial charge in [0.1, 0.15) is 5.75 Å². The monoisotopic (exact) mass is 324 g/mol. The summed E-state index contributed by atoms with van der Waals surface area (Å²) in [6.07, 6.45) is 5.43. The Morgan fingerprint density at radius 2 is 2.00 bits per heavy atom. The summed E-state index contributed by atoms with van der Waals surface area (Å²) in [7, 11) is 1.77. The molecule has 0 saturated carbocycles. The Bertz CT molecular complexity index is 466. The zero-order chi connectivity index (χ0) is 14.7. The Labute approximate surface area is 140 Å². The number of hydrogen-bond acceptors (Lipinski definition) is 3. The molecule has 1 atom stereocenters. The summed E-state index contributed by atoms with van der Waals surface area (Å²) in [5, 5.41) is 3.68. The summed E-state index contributed by atoms with van der Waals surface area (Å²) in [5.41, 5.74) is 2.64. The highest BCUT2D eigenvalue weighted by molar-refractivity contribution is 5.85. The number of halogens is 1. The topological polar surface area (TPSA) is 24.5 Å². The molecule has 124 valence electrons. The highest BCUT2D eigenvalue weighted by Crippen LogP contribution is 2.28. The molecular formula is C18H29ClN2O. The minimum atomic E-state index is 0. The molecule has 0 bridgehead atoms. The summed E-state index contributed by atoms with van der Waals surface area (Å²) in [6.45, 7) is 6.85. The maximum absolute atomic E-state index is 5.51. The van der Waals surface area contributed by atoms with Gasteiger partial charge in [-0.25, -0.2) is 0 Å². The third kappa shape index (κ3) is 4.15. The molecule has 1 aromatic rings. The second-order valence-electron chi connectivity index (χ2n) is 6.63. The lowest BCUT2D eigenvalue weighted by Crippen LogP contribution is -2.40. The van der Waals surface area contributed by atoms with Gasteiger partial charge in [-0.3, -0.25) is 4.90 Å². The molecule has 0 spiro atoms. The van der Waals surface area contributed by atoms with E-state index in [0.717, 1.165) is 24.3 Å². The Hall–Kier alpha value is -0.770. The molecule has 2 fully saturated rings. The number of nitrogens with one attached hydrogen (secondary N) is 1. The van der Waals surface area contributed by atoms with Crippen LogP contribution in [0.1, 0.15) is 36.8 Å². The number of rotatable bonds is 4. The fourth-order valence-electron chi connectivity index (χ4n) is 3.90. The summed E-state index contributed by atoms with van der Waals surface area (Å²) >= 11 is 0. The first-order chi connectivity index (χ1) is 10.3. The lowest BCUT2D eigenvalue weighted by Gasteiger charge is -2.35. The van der Waals surface area contributed by atoms with E-state index in [4.69, 9.17) is 4.74 Å². The van der Waals surface area contributed by atoms with E-state index in [2.05, 4.69) is 35.3 Å². The summed E-state index contributed by atoms with van der Waals surface area (Å²) < 4.78 is 5.51.